The van der Waals surface area contributed by atoms with Crippen molar-refractivity contribution in [3.05, 3.63) is 65.7 Å². The molecule has 0 radical (unpaired) electrons. The number of halogens is 1. The van der Waals surface area contributed by atoms with Crippen LogP contribution in [0.15, 0.2) is 60.0 Å². The third kappa shape index (κ3) is 4.83. The summed E-state index contributed by atoms with van der Waals surface area (Å²) in [7, 11) is 0. The first-order chi connectivity index (χ1) is 15.8. The van der Waals surface area contributed by atoms with E-state index in [0.717, 1.165) is 28.2 Å². The first kappa shape index (κ1) is 22.7. The number of nitrogens with zero attached hydrogens (tertiary/aromatic N) is 4. The Labute approximate surface area is 197 Å². The summed E-state index contributed by atoms with van der Waals surface area (Å²) in [5, 5.41) is 10.1. The molecule has 3 aromatic rings. The SMILES string of the molecule is C=C(C=NC(=CC)N1CCC(C)(C(=O)O)CC1)c1ccc(-c2nc3ccc(Cl)cc3[nH]2)cn1. The van der Waals surface area contributed by atoms with Crippen LogP contribution in [0.2, 0.25) is 5.02 Å². The highest BCUT2D eigenvalue weighted by Gasteiger charge is 2.37. The molecule has 0 atom stereocenters. The number of benzene rings is 1. The molecule has 1 aliphatic heterocycles. The van der Waals surface area contributed by atoms with Gasteiger partial charge < -0.3 is 15.0 Å². The lowest BCUT2D eigenvalue weighted by Crippen LogP contribution is -2.42. The second-order valence-electron chi connectivity index (χ2n) is 8.46. The lowest BCUT2D eigenvalue weighted by atomic mass is 9.80. The number of nitrogens with one attached hydrogen (secondary N) is 1. The molecule has 1 fully saturated rings. The van der Waals surface area contributed by atoms with Crippen molar-refractivity contribution in [2.45, 2.75) is 26.7 Å². The van der Waals surface area contributed by atoms with E-state index in [1.54, 1.807) is 12.4 Å². The third-order valence-corrected chi connectivity index (χ3v) is 6.36. The molecule has 2 aromatic heterocycles. The largest absolute Gasteiger partial charge is 0.481 e. The maximum atomic E-state index is 11.5. The van der Waals surface area contributed by atoms with Crippen LogP contribution in [-0.4, -0.2) is 50.2 Å². The summed E-state index contributed by atoms with van der Waals surface area (Å²) in [4.78, 5) is 30.6. The topological polar surface area (TPSA) is 94.5 Å². The summed E-state index contributed by atoms with van der Waals surface area (Å²) < 4.78 is 0. The molecule has 0 bridgehead atoms. The van der Waals surface area contributed by atoms with Gasteiger partial charge in [-0.25, -0.2) is 9.98 Å². The molecular formula is C25H26ClN5O2. The molecule has 8 heteroatoms. The van der Waals surface area contributed by atoms with Crippen LogP contribution in [0.1, 0.15) is 32.4 Å². The van der Waals surface area contributed by atoms with Gasteiger partial charge in [0.05, 0.1) is 22.1 Å². The number of hydrogen-bond donors (Lipinski definition) is 2. The number of imidazole rings is 1. The molecular weight excluding hydrogens is 438 g/mol. The molecule has 4 rings (SSSR count). The van der Waals surface area contributed by atoms with Crippen LogP contribution in [0.4, 0.5) is 0 Å². The van der Waals surface area contributed by atoms with E-state index in [1.165, 1.54) is 0 Å². The molecule has 3 heterocycles. The fourth-order valence-electron chi connectivity index (χ4n) is 3.83. The number of aromatic amines is 1. The minimum absolute atomic E-state index is 0.590. The fraction of sp³-hybridized carbons (Fsp3) is 0.280. The molecule has 0 saturated carbocycles. The highest BCUT2D eigenvalue weighted by atomic mass is 35.5. The second kappa shape index (κ2) is 9.19. The average molecular weight is 464 g/mol. The highest BCUT2D eigenvalue weighted by Crippen LogP contribution is 2.32. The average Bonchev–Trinajstić information content (AvgIpc) is 3.23. The molecule has 1 saturated heterocycles. The van der Waals surface area contributed by atoms with Gasteiger partial charge in [0.2, 0.25) is 0 Å². The highest BCUT2D eigenvalue weighted by molar-refractivity contribution is 6.31. The lowest BCUT2D eigenvalue weighted by molar-refractivity contribution is -0.150. The maximum Gasteiger partial charge on any atom is 0.309 e. The van der Waals surface area contributed by atoms with Gasteiger partial charge in [-0.05, 0) is 63.1 Å². The minimum atomic E-state index is -0.734. The van der Waals surface area contributed by atoms with Gasteiger partial charge >= 0.3 is 5.97 Å². The number of carbonyl (C=O) groups is 1. The Bertz CT molecular complexity index is 1250. The number of hydrogen-bond acceptors (Lipinski definition) is 5. The van der Waals surface area contributed by atoms with E-state index in [9.17, 15) is 9.90 Å². The Kier molecular flexibility index (Phi) is 6.33. The van der Waals surface area contributed by atoms with Crippen molar-refractivity contribution in [1.29, 1.82) is 0 Å². The number of aliphatic carboxylic acids is 1. The van der Waals surface area contributed by atoms with Gasteiger partial charge in [0, 0.05) is 41.7 Å². The molecule has 7 nitrogen and oxygen atoms in total. The Hall–Kier alpha value is -3.45. The number of piperidine rings is 1. The standard InChI is InChI=1S/C25H26ClN5O2/c1-4-22(31-11-9-25(3,10-12-31)24(32)33)28-14-16(2)19-7-5-17(15-27-19)23-29-20-8-6-18(26)13-21(20)30-23/h4-8,13-15H,2,9-12H2,1,3H3,(H,29,30)(H,32,33). The summed E-state index contributed by atoms with van der Waals surface area (Å²) >= 11 is 6.05. The number of rotatable bonds is 6. The van der Waals surface area contributed by atoms with Gasteiger partial charge in [-0.3, -0.25) is 9.78 Å². The van der Waals surface area contributed by atoms with Crippen molar-refractivity contribution < 1.29 is 9.90 Å². The number of aromatic nitrogens is 3. The Morgan fingerprint density at radius 3 is 2.70 bits per heavy atom. The predicted molar refractivity (Wildman–Crippen MR) is 132 cm³/mol. The quantitative estimate of drug-likeness (QED) is 0.476. The molecule has 0 unspecified atom stereocenters. The van der Waals surface area contributed by atoms with Crippen LogP contribution in [0.3, 0.4) is 0 Å². The number of H-pyrrole nitrogens is 1. The van der Waals surface area contributed by atoms with Crippen molar-refractivity contribution in [2.75, 3.05) is 13.1 Å². The lowest BCUT2D eigenvalue weighted by Gasteiger charge is -2.37. The maximum absolute atomic E-state index is 11.5. The van der Waals surface area contributed by atoms with E-state index in [1.807, 2.05) is 50.3 Å². The van der Waals surface area contributed by atoms with Crippen LogP contribution < -0.4 is 0 Å². The van der Waals surface area contributed by atoms with E-state index in [4.69, 9.17) is 11.6 Å². The van der Waals surface area contributed by atoms with Crippen molar-refractivity contribution in [3.63, 3.8) is 0 Å². The summed E-state index contributed by atoms with van der Waals surface area (Å²) in [6.07, 6.45) is 6.56. The molecule has 2 N–H and O–H groups in total. The van der Waals surface area contributed by atoms with Gasteiger partial charge in [-0.2, -0.15) is 0 Å². The fourth-order valence-corrected chi connectivity index (χ4v) is 4.01. The van der Waals surface area contributed by atoms with Crippen LogP contribution >= 0.6 is 11.6 Å². The van der Waals surface area contributed by atoms with Gasteiger partial charge in [0.25, 0.3) is 0 Å². The summed E-state index contributed by atoms with van der Waals surface area (Å²) in [6, 6.07) is 9.36. The molecule has 1 aromatic carbocycles. The second-order valence-corrected chi connectivity index (χ2v) is 8.90. The molecule has 0 aliphatic carbocycles. The van der Waals surface area contributed by atoms with E-state index in [0.29, 0.717) is 42.2 Å². The summed E-state index contributed by atoms with van der Waals surface area (Å²) in [5.41, 5.74) is 3.31. The van der Waals surface area contributed by atoms with Gasteiger partial charge in [-0.15, -0.1) is 0 Å². The first-order valence-corrected chi connectivity index (χ1v) is 11.2. The number of allylic oxidation sites excluding steroid dienone is 2. The smallest absolute Gasteiger partial charge is 0.309 e. The van der Waals surface area contributed by atoms with E-state index >= 15 is 0 Å². The molecule has 0 amide bonds. The summed E-state index contributed by atoms with van der Waals surface area (Å²) in [6.45, 7) is 9.14. The van der Waals surface area contributed by atoms with Gasteiger partial charge in [0.15, 0.2) is 0 Å². The molecule has 170 valence electrons. The van der Waals surface area contributed by atoms with Gasteiger partial charge in [0.1, 0.15) is 11.6 Å². The van der Waals surface area contributed by atoms with E-state index in [2.05, 4.69) is 31.4 Å². The first-order valence-electron chi connectivity index (χ1n) is 10.8. The van der Waals surface area contributed by atoms with Crippen molar-refractivity contribution in [1.82, 2.24) is 19.9 Å². The van der Waals surface area contributed by atoms with Crippen molar-refractivity contribution in [2.24, 2.45) is 10.4 Å². The Morgan fingerprint density at radius 2 is 2.06 bits per heavy atom. The van der Waals surface area contributed by atoms with Crippen molar-refractivity contribution >= 4 is 40.4 Å². The number of carboxylic acid groups (broad SMARTS) is 1. The number of likely N-dealkylation sites (tertiary alicyclic amines) is 1. The van der Waals surface area contributed by atoms with Crippen LogP contribution in [-0.2, 0) is 4.79 Å². The molecule has 1 aliphatic rings. The third-order valence-electron chi connectivity index (χ3n) is 6.13. The van der Waals surface area contributed by atoms with Crippen LogP contribution in [0.25, 0.3) is 28.0 Å². The summed E-state index contributed by atoms with van der Waals surface area (Å²) in [5.74, 6) is 0.795. The number of fused-ring (bicyclic) bond motifs is 1. The van der Waals surface area contributed by atoms with E-state index < -0.39 is 11.4 Å². The Morgan fingerprint density at radius 1 is 1.30 bits per heavy atom. The Balaban J connectivity index is 1.43. The number of aliphatic imine (C=N–C) groups is 1. The molecule has 33 heavy (non-hydrogen) atoms. The zero-order chi connectivity index (χ0) is 23.6. The van der Waals surface area contributed by atoms with Crippen LogP contribution in [0, 0.1) is 5.41 Å². The number of carboxylic acids is 1. The molecule has 0 spiro atoms. The van der Waals surface area contributed by atoms with Crippen LogP contribution in [0.5, 0.6) is 0 Å². The minimum Gasteiger partial charge on any atom is -0.481 e. The zero-order valence-electron chi connectivity index (χ0n) is 18.7. The predicted octanol–water partition coefficient (Wildman–Crippen LogP) is 5.41. The zero-order valence-corrected chi connectivity index (χ0v) is 19.4. The number of pyridine rings is 1. The van der Waals surface area contributed by atoms with Gasteiger partial charge in [-0.1, -0.05) is 18.2 Å². The normalized spacial score (nSPS) is 16.5. The monoisotopic (exact) mass is 463 g/mol. The van der Waals surface area contributed by atoms with E-state index in [-0.39, 0.29) is 0 Å². The van der Waals surface area contributed by atoms with Crippen molar-refractivity contribution in [3.8, 4) is 11.4 Å².